The number of aryl methyl sites for hydroxylation is 2. The molecule has 146 valence electrons. The molecule has 28 heavy (non-hydrogen) atoms. The zero-order valence-corrected chi connectivity index (χ0v) is 17.0. The molecule has 1 N–H and O–H groups in total. The van der Waals surface area contributed by atoms with Crippen LogP contribution in [-0.2, 0) is 17.6 Å². The van der Waals surface area contributed by atoms with Gasteiger partial charge >= 0.3 is 0 Å². The number of amides is 1. The number of thioether (sulfide) groups is 1. The Hall–Kier alpha value is -2.10. The van der Waals surface area contributed by atoms with E-state index in [4.69, 9.17) is 16.6 Å². The Morgan fingerprint density at radius 3 is 2.79 bits per heavy atom. The molecule has 1 heterocycles. The van der Waals surface area contributed by atoms with Crippen LogP contribution < -0.4 is 5.32 Å². The lowest BCUT2D eigenvalue weighted by molar-refractivity contribution is -0.115. The molecule has 1 aliphatic carbocycles. The van der Waals surface area contributed by atoms with Crippen molar-refractivity contribution in [2.75, 3.05) is 11.1 Å². The van der Waals surface area contributed by atoms with Gasteiger partial charge in [-0.15, -0.1) is 11.8 Å². The van der Waals surface area contributed by atoms with E-state index in [9.17, 15) is 14.4 Å². The first kappa shape index (κ1) is 20.6. The number of nitriles is 1. The van der Waals surface area contributed by atoms with Crippen molar-refractivity contribution in [2.45, 2.75) is 50.0 Å². The average Bonchev–Trinajstić information content (AvgIpc) is 2.65. The zero-order valence-electron chi connectivity index (χ0n) is 15.4. The molecule has 4 nitrogen and oxygen atoms in total. The van der Waals surface area contributed by atoms with Crippen LogP contribution in [0.4, 0.5) is 10.1 Å². The van der Waals surface area contributed by atoms with Gasteiger partial charge in [0.1, 0.15) is 16.9 Å². The lowest BCUT2D eigenvalue weighted by atomic mass is 9.96. The van der Waals surface area contributed by atoms with Crippen molar-refractivity contribution in [1.82, 2.24) is 4.98 Å². The van der Waals surface area contributed by atoms with Gasteiger partial charge in [0.05, 0.1) is 10.6 Å². The predicted octanol–water partition coefficient (Wildman–Crippen LogP) is 5.53. The molecule has 0 bridgehead atoms. The number of hydrogen-bond donors (Lipinski definition) is 1. The SMILES string of the molecule is N#Cc1cc2c(nc1SCCC(=O)Nc1ccc(F)c(Cl)c1)CCCCCC2. The summed E-state index contributed by atoms with van der Waals surface area (Å²) in [7, 11) is 0. The van der Waals surface area contributed by atoms with Gasteiger partial charge in [-0.05, 0) is 55.5 Å². The Morgan fingerprint density at radius 1 is 1.25 bits per heavy atom. The van der Waals surface area contributed by atoms with Crippen LogP contribution in [0, 0.1) is 17.1 Å². The van der Waals surface area contributed by atoms with Gasteiger partial charge in [-0.25, -0.2) is 9.37 Å². The second-order valence-corrected chi connectivity index (χ2v) is 8.24. The number of carbonyl (C=O) groups excluding carboxylic acids is 1. The second kappa shape index (κ2) is 9.90. The van der Waals surface area contributed by atoms with Crippen LogP contribution in [0.15, 0.2) is 29.3 Å². The Kier molecular flexibility index (Phi) is 7.30. The highest BCUT2D eigenvalue weighted by Gasteiger charge is 2.14. The maximum absolute atomic E-state index is 13.2. The first-order valence-electron chi connectivity index (χ1n) is 9.37. The average molecular weight is 418 g/mol. The molecule has 1 aliphatic rings. The molecule has 1 aromatic carbocycles. The highest BCUT2D eigenvalue weighted by molar-refractivity contribution is 7.99. The number of fused-ring (bicyclic) bond motifs is 1. The fourth-order valence-corrected chi connectivity index (χ4v) is 4.29. The van der Waals surface area contributed by atoms with Crippen molar-refractivity contribution in [3.8, 4) is 6.07 Å². The van der Waals surface area contributed by atoms with Gasteiger partial charge in [0.2, 0.25) is 5.91 Å². The number of nitrogens with one attached hydrogen (secondary N) is 1. The molecule has 1 amide bonds. The quantitative estimate of drug-likeness (QED) is 0.650. The smallest absolute Gasteiger partial charge is 0.225 e. The van der Waals surface area contributed by atoms with Crippen LogP contribution in [0.1, 0.15) is 48.9 Å². The number of aromatic nitrogens is 1. The van der Waals surface area contributed by atoms with Crippen molar-refractivity contribution in [3.05, 3.63) is 51.9 Å². The summed E-state index contributed by atoms with van der Waals surface area (Å²) in [6.45, 7) is 0. The molecule has 0 aliphatic heterocycles. The summed E-state index contributed by atoms with van der Waals surface area (Å²) >= 11 is 7.15. The van der Waals surface area contributed by atoms with E-state index in [0.29, 0.717) is 22.0 Å². The molecule has 0 saturated carbocycles. The number of anilines is 1. The lowest BCUT2D eigenvalue weighted by Gasteiger charge is -2.15. The summed E-state index contributed by atoms with van der Waals surface area (Å²) in [6.07, 6.45) is 6.88. The minimum absolute atomic E-state index is 0.0317. The number of benzene rings is 1. The topological polar surface area (TPSA) is 65.8 Å². The third-order valence-electron chi connectivity index (χ3n) is 4.66. The van der Waals surface area contributed by atoms with E-state index in [1.807, 2.05) is 6.07 Å². The Bertz CT molecular complexity index is 913. The normalized spacial score (nSPS) is 13.8. The maximum Gasteiger partial charge on any atom is 0.225 e. The highest BCUT2D eigenvalue weighted by atomic mass is 35.5. The van der Waals surface area contributed by atoms with Crippen LogP contribution in [0.3, 0.4) is 0 Å². The zero-order chi connectivity index (χ0) is 19.9. The van der Waals surface area contributed by atoms with Gasteiger partial charge in [0, 0.05) is 23.6 Å². The number of pyridine rings is 1. The van der Waals surface area contributed by atoms with E-state index < -0.39 is 5.82 Å². The fourth-order valence-electron chi connectivity index (χ4n) is 3.20. The van der Waals surface area contributed by atoms with Crippen molar-refractivity contribution < 1.29 is 9.18 Å². The third-order valence-corrected chi connectivity index (χ3v) is 5.94. The van der Waals surface area contributed by atoms with Gasteiger partial charge in [-0.1, -0.05) is 24.4 Å². The number of hydrogen-bond acceptors (Lipinski definition) is 4. The Morgan fingerprint density at radius 2 is 2.04 bits per heavy atom. The van der Waals surface area contributed by atoms with Gasteiger partial charge in [0.25, 0.3) is 0 Å². The van der Waals surface area contributed by atoms with Crippen molar-refractivity contribution in [3.63, 3.8) is 0 Å². The molecular weight excluding hydrogens is 397 g/mol. The molecule has 0 saturated heterocycles. The van der Waals surface area contributed by atoms with E-state index in [1.165, 1.54) is 48.4 Å². The summed E-state index contributed by atoms with van der Waals surface area (Å²) in [4.78, 5) is 16.9. The first-order chi connectivity index (χ1) is 13.6. The van der Waals surface area contributed by atoms with E-state index in [2.05, 4.69) is 11.4 Å². The van der Waals surface area contributed by atoms with Crippen molar-refractivity contribution >= 4 is 35.0 Å². The summed E-state index contributed by atoms with van der Waals surface area (Å²) in [5.41, 5.74) is 3.31. The van der Waals surface area contributed by atoms with E-state index >= 15 is 0 Å². The molecule has 0 spiro atoms. The van der Waals surface area contributed by atoms with Crippen LogP contribution in [0.25, 0.3) is 0 Å². The van der Waals surface area contributed by atoms with Gasteiger partial charge in [-0.3, -0.25) is 4.79 Å². The van der Waals surface area contributed by atoms with Gasteiger partial charge in [0.15, 0.2) is 0 Å². The molecule has 0 fully saturated rings. The fraction of sp³-hybridized carbons (Fsp3) is 0.381. The number of rotatable bonds is 5. The number of halogens is 2. The predicted molar refractivity (Wildman–Crippen MR) is 110 cm³/mol. The molecule has 1 aromatic heterocycles. The molecule has 0 unspecified atom stereocenters. The second-order valence-electron chi connectivity index (χ2n) is 6.75. The van der Waals surface area contributed by atoms with Gasteiger partial charge < -0.3 is 5.32 Å². The maximum atomic E-state index is 13.2. The summed E-state index contributed by atoms with van der Waals surface area (Å²) < 4.78 is 13.2. The van der Waals surface area contributed by atoms with Gasteiger partial charge in [-0.2, -0.15) is 5.26 Å². The van der Waals surface area contributed by atoms with Crippen LogP contribution in [-0.4, -0.2) is 16.6 Å². The monoisotopic (exact) mass is 417 g/mol. The highest BCUT2D eigenvalue weighted by Crippen LogP contribution is 2.27. The molecule has 2 aromatic rings. The van der Waals surface area contributed by atoms with E-state index in [0.717, 1.165) is 31.4 Å². The van der Waals surface area contributed by atoms with E-state index in [-0.39, 0.29) is 17.4 Å². The summed E-state index contributed by atoms with van der Waals surface area (Å²) in [5.74, 6) is -0.217. The molecule has 7 heteroatoms. The minimum atomic E-state index is -0.524. The lowest BCUT2D eigenvalue weighted by Crippen LogP contribution is -2.12. The Balaban J connectivity index is 1.60. The Labute approximate surface area is 173 Å². The first-order valence-corrected chi connectivity index (χ1v) is 10.7. The number of nitrogens with zero attached hydrogens (tertiary/aromatic N) is 2. The number of carbonyl (C=O) groups is 1. The van der Waals surface area contributed by atoms with Crippen molar-refractivity contribution in [2.24, 2.45) is 0 Å². The third kappa shape index (κ3) is 5.46. The van der Waals surface area contributed by atoms with E-state index in [1.54, 1.807) is 0 Å². The minimum Gasteiger partial charge on any atom is -0.326 e. The molecular formula is C21H21ClFN3OS. The molecule has 3 rings (SSSR count). The van der Waals surface area contributed by atoms with Crippen molar-refractivity contribution in [1.29, 1.82) is 5.26 Å². The standard InChI is InChI=1S/C21H21ClFN3OS/c22-17-12-16(7-8-18(17)23)25-20(27)9-10-28-21-15(13-24)11-14-5-3-1-2-4-6-19(14)26-21/h7-8,11-12H,1-6,9-10H2,(H,25,27). The van der Waals surface area contributed by atoms with Crippen LogP contribution in [0.2, 0.25) is 5.02 Å². The molecule has 0 radical (unpaired) electrons. The van der Waals surface area contributed by atoms with Crippen LogP contribution >= 0.6 is 23.4 Å². The van der Waals surface area contributed by atoms with Crippen LogP contribution in [0.5, 0.6) is 0 Å². The molecule has 0 atom stereocenters. The summed E-state index contributed by atoms with van der Waals surface area (Å²) in [6, 6.07) is 8.27. The largest absolute Gasteiger partial charge is 0.326 e. The summed E-state index contributed by atoms with van der Waals surface area (Å²) in [5, 5.41) is 12.8.